The molecule has 11 rings (SSSR count). The van der Waals surface area contributed by atoms with Crippen LogP contribution in [0.3, 0.4) is 0 Å². The first-order valence-electron chi connectivity index (χ1n) is 17.2. The van der Waals surface area contributed by atoms with Crippen LogP contribution in [0, 0.1) is 0 Å². The number of aromatic nitrogens is 4. The molecule has 4 aromatic heterocycles. The van der Waals surface area contributed by atoms with Crippen LogP contribution in [0.4, 0.5) is 0 Å². The van der Waals surface area contributed by atoms with E-state index in [4.69, 9.17) is 24.4 Å². The predicted octanol–water partition coefficient (Wildman–Crippen LogP) is 12.5. The summed E-state index contributed by atoms with van der Waals surface area (Å²) in [5.74, 6) is 1.74. The van der Waals surface area contributed by atoms with Gasteiger partial charge in [0.15, 0.2) is 17.5 Å². The van der Waals surface area contributed by atoms with Gasteiger partial charge in [0.1, 0.15) is 11.2 Å². The van der Waals surface area contributed by atoms with Crippen molar-refractivity contribution in [2.75, 3.05) is 0 Å². The van der Waals surface area contributed by atoms with Crippen LogP contribution in [-0.2, 0) is 0 Å². The zero-order valence-corrected chi connectivity index (χ0v) is 28.4. The third-order valence-electron chi connectivity index (χ3n) is 9.91. The Balaban J connectivity index is 1.20. The van der Waals surface area contributed by atoms with Crippen LogP contribution in [0.1, 0.15) is 0 Å². The maximum Gasteiger partial charge on any atom is 0.167 e. The van der Waals surface area contributed by atoms with Gasteiger partial charge < -0.3 is 4.42 Å². The van der Waals surface area contributed by atoms with Gasteiger partial charge in [0.2, 0.25) is 0 Å². The number of nitrogens with zero attached hydrogens (tertiary/aromatic N) is 4. The van der Waals surface area contributed by atoms with Crippen LogP contribution in [0.2, 0.25) is 0 Å². The van der Waals surface area contributed by atoms with Crippen molar-refractivity contribution < 1.29 is 4.42 Å². The fourth-order valence-corrected chi connectivity index (χ4v) is 8.64. The molecule has 0 fully saturated rings. The highest BCUT2D eigenvalue weighted by atomic mass is 32.1. The van der Waals surface area contributed by atoms with Gasteiger partial charge >= 0.3 is 0 Å². The molecular weight excluding hydrogens is 657 g/mol. The van der Waals surface area contributed by atoms with Crippen molar-refractivity contribution in [3.8, 4) is 45.4 Å². The molecule has 0 radical (unpaired) electrons. The van der Waals surface area contributed by atoms with Gasteiger partial charge in [0.05, 0.1) is 16.8 Å². The molecule has 0 spiro atoms. The highest BCUT2D eigenvalue weighted by Gasteiger charge is 2.20. The number of benzene rings is 7. The van der Waals surface area contributed by atoms with Crippen molar-refractivity contribution in [3.63, 3.8) is 0 Å². The standard InChI is InChI=1S/C46H26N4OS/c1-3-12-27(13-4-1)42-33-23-25-39-41(32-17-8-10-21-38(32)52-39)40(33)35-26-29(22-24-36(35)47-42)45-48-44(28-14-5-2-6-15-28)49-46(50-45)34-19-11-18-31-30-16-7-9-20-37(30)51-43(31)34/h1-26H. The summed E-state index contributed by atoms with van der Waals surface area (Å²) in [6, 6.07) is 54.4. The topological polar surface area (TPSA) is 64.7 Å². The van der Waals surface area contributed by atoms with Crippen LogP contribution in [0.25, 0.3) is 109 Å². The lowest BCUT2D eigenvalue weighted by Crippen LogP contribution is -2.00. The van der Waals surface area contributed by atoms with Gasteiger partial charge in [0.25, 0.3) is 0 Å². The molecule has 7 aromatic carbocycles. The molecule has 0 unspecified atom stereocenters. The number of fused-ring (bicyclic) bond motifs is 10. The van der Waals surface area contributed by atoms with Crippen molar-refractivity contribution in [1.82, 2.24) is 19.9 Å². The average Bonchev–Trinajstić information content (AvgIpc) is 3.79. The van der Waals surface area contributed by atoms with Crippen LogP contribution >= 0.6 is 11.3 Å². The Hall–Kier alpha value is -6.76. The molecule has 0 N–H and O–H groups in total. The normalized spacial score (nSPS) is 11.8. The predicted molar refractivity (Wildman–Crippen MR) is 215 cm³/mol. The van der Waals surface area contributed by atoms with Crippen LogP contribution in [0.5, 0.6) is 0 Å². The number of furan rings is 1. The van der Waals surface area contributed by atoms with Crippen molar-refractivity contribution in [2.45, 2.75) is 0 Å². The molecule has 0 atom stereocenters. The molecule has 0 aliphatic rings. The number of pyridine rings is 1. The molecule has 0 amide bonds. The number of hydrogen-bond donors (Lipinski definition) is 0. The third-order valence-corrected chi connectivity index (χ3v) is 11.1. The summed E-state index contributed by atoms with van der Waals surface area (Å²) in [4.78, 5) is 20.6. The van der Waals surface area contributed by atoms with Crippen LogP contribution in [0.15, 0.2) is 162 Å². The largest absolute Gasteiger partial charge is 0.455 e. The first-order valence-corrected chi connectivity index (χ1v) is 18.0. The minimum absolute atomic E-state index is 0.558. The summed E-state index contributed by atoms with van der Waals surface area (Å²) >= 11 is 1.83. The van der Waals surface area contributed by atoms with Gasteiger partial charge in [-0.2, -0.15) is 0 Å². The number of rotatable bonds is 4. The van der Waals surface area contributed by atoms with Crippen molar-refractivity contribution in [3.05, 3.63) is 158 Å². The van der Waals surface area contributed by atoms with E-state index in [2.05, 4.69) is 91.0 Å². The molecule has 6 heteroatoms. The Kier molecular flexibility index (Phi) is 6.35. The quantitative estimate of drug-likeness (QED) is 0.173. The summed E-state index contributed by atoms with van der Waals surface area (Å²) in [6.07, 6.45) is 0. The summed E-state index contributed by atoms with van der Waals surface area (Å²) in [7, 11) is 0. The molecular formula is C46H26N4OS. The highest BCUT2D eigenvalue weighted by molar-refractivity contribution is 7.26. The maximum atomic E-state index is 6.44. The molecule has 242 valence electrons. The van der Waals surface area contributed by atoms with Crippen molar-refractivity contribution in [1.29, 1.82) is 0 Å². The lowest BCUT2D eigenvalue weighted by Gasteiger charge is -2.13. The van der Waals surface area contributed by atoms with Crippen LogP contribution < -0.4 is 0 Å². The van der Waals surface area contributed by atoms with Crippen LogP contribution in [-0.4, -0.2) is 19.9 Å². The number of para-hydroxylation sites is 2. The monoisotopic (exact) mass is 682 g/mol. The van der Waals surface area contributed by atoms with Crippen molar-refractivity contribution >= 4 is 75.1 Å². The zero-order chi connectivity index (χ0) is 34.2. The molecule has 0 bridgehead atoms. The molecule has 0 aliphatic carbocycles. The molecule has 52 heavy (non-hydrogen) atoms. The van der Waals surface area contributed by atoms with E-state index in [1.807, 2.05) is 78.1 Å². The van der Waals surface area contributed by atoms with Crippen molar-refractivity contribution in [2.24, 2.45) is 0 Å². The zero-order valence-electron chi connectivity index (χ0n) is 27.6. The molecule has 0 saturated carbocycles. The van der Waals surface area contributed by atoms with E-state index in [0.29, 0.717) is 17.5 Å². The number of thiophene rings is 1. The first-order chi connectivity index (χ1) is 25.8. The Bertz CT molecular complexity index is 3190. The number of hydrogen-bond acceptors (Lipinski definition) is 6. The Morgan fingerprint density at radius 2 is 1.10 bits per heavy atom. The van der Waals surface area contributed by atoms with E-state index in [-0.39, 0.29) is 0 Å². The molecule has 4 heterocycles. The molecule has 5 nitrogen and oxygen atoms in total. The minimum Gasteiger partial charge on any atom is -0.455 e. The summed E-state index contributed by atoms with van der Waals surface area (Å²) in [5, 5.41) is 7.95. The SMILES string of the molecule is c1ccc(-c2nc(-c3ccc4nc(-c5ccccc5)c5ccc6sc7ccccc7c6c5c4c3)nc(-c3cccc4c3oc3ccccc34)n2)cc1. The molecule has 0 saturated heterocycles. The summed E-state index contributed by atoms with van der Waals surface area (Å²) in [5.41, 5.74) is 7.19. The third kappa shape index (κ3) is 4.48. The fraction of sp³-hybridized carbons (Fsp3) is 0. The maximum absolute atomic E-state index is 6.44. The van der Waals surface area contributed by atoms with Gasteiger partial charge in [-0.15, -0.1) is 11.3 Å². The Morgan fingerprint density at radius 3 is 1.94 bits per heavy atom. The van der Waals surface area contributed by atoms with E-state index >= 15 is 0 Å². The fourth-order valence-electron chi connectivity index (χ4n) is 7.53. The van der Waals surface area contributed by atoms with E-state index in [1.165, 1.54) is 25.6 Å². The van der Waals surface area contributed by atoms with Gasteiger partial charge in [-0.05, 0) is 42.5 Å². The van der Waals surface area contributed by atoms with E-state index in [0.717, 1.165) is 66.2 Å². The first kappa shape index (κ1) is 29.0. The summed E-state index contributed by atoms with van der Waals surface area (Å²) < 4.78 is 8.96. The average molecular weight is 683 g/mol. The van der Waals surface area contributed by atoms with Gasteiger partial charge in [-0.1, -0.05) is 115 Å². The van der Waals surface area contributed by atoms with E-state index in [9.17, 15) is 0 Å². The van der Waals surface area contributed by atoms with Gasteiger partial charge in [-0.3, -0.25) is 0 Å². The second-order valence-electron chi connectivity index (χ2n) is 13.0. The minimum atomic E-state index is 0.558. The smallest absolute Gasteiger partial charge is 0.167 e. The van der Waals surface area contributed by atoms with Gasteiger partial charge in [0, 0.05) is 63.8 Å². The highest BCUT2D eigenvalue weighted by Crippen LogP contribution is 2.44. The van der Waals surface area contributed by atoms with E-state index in [1.54, 1.807) is 0 Å². The second kappa shape index (κ2) is 11.4. The molecule has 11 aromatic rings. The Labute approximate surface area is 301 Å². The Morgan fingerprint density at radius 1 is 0.404 bits per heavy atom. The lowest BCUT2D eigenvalue weighted by molar-refractivity contribution is 0.669. The van der Waals surface area contributed by atoms with E-state index < -0.39 is 0 Å². The van der Waals surface area contributed by atoms with Gasteiger partial charge in [-0.25, -0.2) is 19.9 Å². The molecule has 0 aliphatic heterocycles. The lowest BCUT2D eigenvalue weighted by atomic mass is 9.95. The summed E-state index contributed by atoms with van der Waals surface area (Å²) in [6.45, 7) is 0. The second-order valence-corrected chi connectivity index (χ2v) is 14.1.